The van der Waals surface area contributed by atoms with E-state index in [9.17, 15) is 0 Å². The van der Waals surface area contributed by atoms with E-state index in [4.69, 9.17) is 0 Å². The van der Waals surface area contributed by atoms with Crippen LogP contribution in [0.5, 0.6) is 0 Å². The van der Waals surface area contributed by atoms with Crippen LogP contribution >= 0.6 is 7.92 Å². The Morgan fingerprint density at radius 2 is 1.11 bits per heavy atom. The second-order valence-electron chi connectivity index (χ2n) is 7.34. The van der Waals surface area contributed by atoms with Crippen LogP contribution in [0.1, 0.15) is 78.1 Å². The van der Waals surface area contributed by atoms with Gasteiger partial charge in [0.2, 0.25) is 0 Å². The monoisotopic (exact) mass is 266 g/mol. The Balaban J connectivity index is 1.78. The summed E-state index contributed by atoms with van der Waals surface area (Å²) in [6.07, 6.45) is 15.6. The molecule has 0 nitrogen and oxygen atoms in total. The van der Waals surface area contributed by atoms with E-state index in [0.29, 0.717) is 7.92 Å². The van der Waals surface area contributed by atoms with Crippen LogP contribution in [0, 0.1) is 11.8 Å². The van der Waals surface area contributed by atoms with Gasteiger partial charge >= 0.3 is 0 Å². The molecular weight excluding hydrogens is 235 g/mol. The molecule has 3 rings (SSSR count). The van der Waals surface area contributed by atoms with Gasteiger partial charge in [0.25, 0.3) is 0 Å². The zero-order valence-corrected chi connectivity index (χ0v) is 13.3. The molecule has 0 aliphatic heterocycles. The molecule has 0 aromatic rings. The summed E-state index contributed by atoms with van der Waals surface area (Å²) < 4.78 is 0. The number of hydrogen-bond acceptors (Lipinski definition) is 0. The van der Waals surface area contributed by atoms with Gasteiger partial charge in [0, 0.05) is 0 Å². The van der Waals surface area contributed by atoms with Crippen molar-refractivity contribution < 1.29 is 0 Å². The van der Waals surface area contributed by atoms with Crippen LogP contribution in [0.15, 0.2) is 0 Å². The largest absolute Gasteiger partial charge is 0.0966 e. The maximum atomic E-state index is 2.57. The summed E-state index contributed by atoms with van der Waals surface area (Å²) in [5.74, 6) is 2.12. The molecule has 0 saturated heterocycles. The number of hydrogen-bond donors (Lipinski definition) is 0. The summed E-state index contributed by atoms with van der Waals surface area (Å²) in [4.78, 5) is 0. The molecule has 0 heterocycles. The van der Waals surface area contributed by atoms with Gasteiger partial charge < -0.3 is 0 Å². The first-order valence-electron chi connectivity index (χ1n) is 8.55. The highest BCUT2D eigenvalue weighted by atomic mass is 31.1. The number of rotatable bonds is 3. The summed E-state index contributed by atoms with van der Waals surface area (Å²) in [5, 5.41) is 0. The Labute approximate surface area is 115 Å². The molecule has 3 aliphatic carbocycles. The van der Waals surface area contributed by atoms with Gasteiger partial charge in [-0.05, 0) is 54.5 Å². The normalized spacial score (nSPS) is 42.2. The molecule has 0 bridgehead atoms. The van der Waals surface area contributed by atoms with Crippen molar-refractivity contribution in [1.29, 1.82) is 0 Å². The molecule has 0 N–H and O–H groups in total. The molecule has 104 valence electrons. The van der Waals surface area contributed by atoms with E-state index < -0.39 is 0 Å². The average molecular weight is 266 g/mol. The van der Waals surface area contributed by atoms with E-state index in [2.05, 4.69) is 13.8 Å². The van der Waals surface area contributed by atoms with Gasteiger partial charge in [0.15, 0.2) is 0 Å². The van der Waals surface area contributed by atoms with Crippen molar-refractivity contribution in [2.24, 2.45) is 11.8 Å². The summed E-state index contributed by atoms with van der Waals surface area (Å²) in [6.45, 7) is 5.14. The first-order valence-corrected chi connectivity index (χ1v) is 10.1. The molecule has 0 unspecified atom stereocenters. The van der Waals surface area contributed by atoms with Crippen LogP contribution in [-0.4, -0.2) is 17.0 Å². The zero-order valence-electron chi connectivity index (χ0n) is 12.4. The summed E-state index contributed by atoms with van der Waals surface area (Å²) >= 11 is 0. The van der Waals surface area contributed by atoms with Crippen LogP contribution in [-0.2, 0) is 0 Å². The molecule has 0 amide bonds. The molecule has 18 heavy (non-hydrogen) atoms. The highest BCUT2D eigenvalue weighted by Crippen LogP contribution is 2.65. The van der Waals surface area contributed by atoms with Gasteiger partial charge in [-0.1, -0.05) is 60.3 Å². The predicted octanol–water partition coefficient (Wildman–Crippen LogP) is 5.79. The Hall–Kier alpha value is 0.430. The van der Waals surface area contributed by atoms with E-state index in [1.165, 1.54) is 18.5 Å². The molecule has 3 aliphatic rings. The van der Waals surface area contributed by atoms with Crippen molar-refractivity contribution in [3.8, 4) is 0 Å². The first kappa shape index (κ1) is 13.4. The fraction of sp³-hybridized carbons (Fsp3) is 1.00. The van der Waals surface area contributed by atoms with Gasteiger partial charge in [0.05, 0.1) is 0 Å². The van der Waals surface area contributed by atoms with Crippen molar-refractivity contribution in [3.63, 3.8) is 0 Å². The zero-order chi connectivity index (χ0) is 12.5. The third-order valence-corrected chi connectivity index (χ3v) is 10.6. The van der Waals surface area contributed by atoms with Gasteiger partial charge in [-0.2, -0.15) is 0 Å². The summed E-state index contributed by atoms with van der Waals surface area (Å²) in [5.41, 5.74) is 3.50. The lowest BCUT2D eigenvalue weighted by molar-refractivity contribution is 0.579. The molecule has 0 aromatic heterocycles. The second kappa shape index (κ2) is 5.82. The van der Waals surface area contributed by atoms with Crippen molar-refractivity contribution in [3.05, 3.63) is 0 Å². The van der Waals surface area contributed by atoms with Crippen molar-refractivity contribution in [1.82, 2.24) is 0 Å². The van der Waals surface area contributed by atoms with Gasteiger partial charge in [-0.3, -0.25) is 0 Å². The van der Waals surface area contributed by atoms with Gasteiger partial charge in [-0.15, -0.1) is 0 Å². The minimum atomic E-state index is 0.357. The molecule has 0 spiro atoms. The van der Waals surface area contributed by atoms with E-state index in [0.717, 1.165) is 23.2 Å². The first-order chi connectivity index (χ1) is 8.77. The molecule has 4 atom stereocenters. The van der Waals surface area contributed by atoms with Crippen LogP contribution in [0.3, 0.4) is 0 Å². The van der Waals surface area contributed by atoms with Crippen LogP contribution in [0.4, 0.5) is 0 Å². The third-order valence-electron chi connectivity index (χ3n) is 6.14. The highest BCUT2D eigenvalue weighted by molar-refractivity contribution is 7.60. The molecule has 0 radical (unpaired) electrons. The average Bonchev–Trinajstić information content (AvgIpc) is 3.05. The maximum Gasteiger partial charge on any atom is -0.0178 e. The Kier molecular flexibility index (Phi) is 4.34. The van der Waals surface area contributed by atoms with Crippen molar-refractivity contribution in [2.75, 3.05) is 0 Å². The topological polar surface area (TPSA) is 0 Å². The second-order valence-corrected chi connectivity index (χ2v) is 10.3. The van der Waals surface area contributed by atoms with Crippen LogP contribution in [0.2, 0.25) is 0 Å². The highest BCUT2D eigenvalue weighted by Gasteiger charge is 2.43. The molecular formula is C17H31P. The fourth-order valence-corrected chi connectivity index (χ4v) is 10.1. The van der Waals surface area contributed by atoms with E-state index >= 15 is 0 Å². The van der Waals surface area contributed by atoms with Crippen molar-refractivity contribution in [2.45, 2.75) is 95.0 Å². The predicted molar refractivity (Wildman–Crippen MR) is 82.8 cm³/mol. The van der Waals surface area contributed by atoms with Gasteiger partial charge in [-0.25, -0.2) is 0 Å². The summed E-state index contributed by atoms with van der Waals surface area (Å²) in [6, 6.07) is 0. The fourth-order valence-electron chi connectivity index (χ4n) is 5.13. The van der Waals surface area contributed by atoms with E-state index in [1.807, 2.05) is 0 Å². The van der Waals surface area contributed by atoms with Gasteiger partial charge in [0.1, 0.15) is 0 Å². The lowest BCUT2D eigenvalue weighted by Gasteiger charge is -2.39. The molecule has 3 saturated carbocycles. The Bertz CT molecular complexity index is 249. The Morgan fingerprint density at radius 1 is 0.611 bits per heavy atom. The minimum Gasteiger partial charge on any atom is -0.0966 e. The van der Waals surface area contributed by atoms with Crippen LogP contribution in [0.25, 0.3) is 0 Å². The van der Waals surface area contributed by atoms with Crippen molar-refractivity contribution >= 4 is 7.92 Å². The van der Waals surface area contributed by atoms with E-state index in [1.54, 1.807) is 51.4 Å². The smallest absolute Gasteiger partial charge is 0.0178 e. The van der Waals surface area contributed by atoms with Crippen LogP contribution < -0.4 is 0 Å². The minimum absolute atomic E-state index is 0.357. The lowest BCUT2D eigenvalue weighted by Crippen LogP contribution is -2.25. The standard InChI is InChI=1S/C17H31P/c1-13-7-5-11-16(13)18(15-9-3-4-10-15)17-12-6-8-14(17)2/h13-17H,3-12H2,1-2H3/t13-,14-,16-,17-/m0/s1. The quantitative estimate of drug-likeness (QED) is 0.567. The maximum absolute atomic E-state index is 2.57. The summed E-state index contributed by atoms with van der Waals surface area (Å²) in [7, 11) is 0.357. The Morgan fingerprint density at radius 3 is 1.50 bits per heavy atom. The third kappa shape index (κ3) is 2.52. The SMILES string of the molecule is C[C@H]1CCC[C@@H]1P(C1CCCC1)[C@H]1CCC[C@@H]1C. The molecule has 1 heteroatoms. The van der Waals surface area contributed by atoms with E-state index in [-0.39, 0.29) is 0 Å². The molecule has 3 fully saturated rings. The lowest BCUT2D eigenvalue weighted by atomic mass is 10.1. The molecule has 0 aromatic carbocycles.